The molecule has 0 spiro atoms. The van der Waals surface area contributed by atoms with E-state index in [9.17, 15) is 9.59 Å². The third-order valence-electron chi connectivity index (χ3n) is 4.13. The number of hydrogen-bond donors (Lipinski definition) is 0. The lowest BCUT2D eigenvalue weighted by Gasteiger charge is -2.06. The van der Waals surface area contributed by atoms with Crippen LogP contribution in [0.3, 0.4) is 0 Å². The smallest absolute Gasteiger partial charge is 0.339 e. The molecule has 0 atom stereocenters. The van der Waals surface area contributed by atoms with Crippen LogP contribution in [0.1, 0.15) is 10.4 Å². The summed E-state index contributed by atoms with van der Waals surface area (Å²) in [6.45, 7) is 0. The Morgan fingerprint density at radius 1 is 1.08 bits per heavy atom. The Labute approximate surface area is 142 Å². The number of carbonyl (C=O) groups excluding carboxylic acids is 1. The average Bonchev–Trinajstić information content (AvgIpc) is 2.67. The highest BCUT2D eigenvalue weighted by Gasteiger charge is 2.14. The lowest BCUT2D eigenvalue weighted by Crippen LogP contribution is -2.07. The fourth-order valence-corrected chi connectivity index (χ4v) is 2.86. The number of hydrogen-bond acceptors (Lipinski definition) is 5. The molecule has 0 aliphatic heterocycles. The normalized spacial score (nSPS) is 10.9. The number of nitrogens with zero attached hydrogens (tertiary/aromatic N) is 1. The van der Waals surface area contributed by atoms with Gasteiger partial charge in [0.15, 0.2) is 0 Å². The first-order chi connectivity index (χ1) is 12.2. The number of aromatic nitrogens is 1. The predicted octanol–water partition coefficient (Wildman–Crippen LogP) is 3.79. The van der Waals surface area contributed by atoms with Gasteiger partial charge in [0.05, 0.1) is 29.3 Å². The van der Waals surface area contributed by atoms with Crippen molar-refractivity contribution in [1.82, 2.24) is 4.98 Å². The number of esters is 1. The van der Waals surface area contributed by atoms with Crippen LogP contribution in [0.4, 0.5) is 0 Å². The molecule has 0 aliphatic rings. The minimum atomic E-state index is -0.476. The molecule has 25 heavy (non-hydrogen) atoms. The Bertz CT molecular complexity index is 1160. The van der Waals surface area contributed by atoms with Gasteiger partial charge in [-0.15, -0.1) is 0 Å². The highest BCUT2D eigenvalue weighted by Crippen LogP contribution is 2.25. The Hall–Kier alpha value is -3.47. The van der Waals surface area contributed by atoms with Crippen LogP contribution in [-0.2, 0) is 4.74 Å². The topological polar surface area (TPSA) is 69.4 Å². The van der Waals surface area contributed by atoms with Gasteiger partial charge in [-0.1, -0.05) is 30.3 Å². The van der Waals surface area contributed by atoms with Crippen molar-refractivity contribution in [1.29, 1.82) is 0 Å². The van der Waals surface area contributed by atoms with Gasteiger partial charge < -0.3 is 9.15 Å². The minimum absolute atomic E-state index is 0.156. The van der Waals surface area contributed by atoms with Crippen LogP contribution in [0.15, 0.2) is 70.2 Å². The molecule has 0 amide bonds. The summed E-state index contributed by atoms with van der Waals surface area (Å²) in [4.78, 5) is 28.7. The molecular formula is C20H13NO4. The monoisotopic (exact) mass is 331 g/mol. The summed E-state index contributed by atoms with van der Waals surface area (Å²) in [7, 11) is 1.30. The number of benzene rings is 2. The van der Waals surface area contributed by atoms with Gasteiger partial charge in [0.25, 0.3) is 0 Å². The average molecular weight is 331 g/mol. The van der Waals surface area contributed by atoms with Crippen molar-refractivity contribution >= 4 is 27.7 Å². The predicted molar refractivity (Wildman–Crippen MR) is 94.6 cm³/mol. The SMILES string of the molecule is COC(=O)c1ccc(-c2coc3ccc4ccccc4c3c2=O)nc1. The lowest BCUT2D eigenvalue weighted by molar-refractivity contribution is 0.0600. The van der Waals surface area contributed by atoms with Crippen LogP contribution in [0.25, 0.3) is 33.0 Å². The van der Waals surface area contributed by atoms with Gasteiger partial charge in [0.1, 0.15) is 11.8 Å². The molecule has 0 aliphatic carbocycles. The molecular weight excluding hydrogens is 318 g/mol. The molecule has 0 radical (unpaired) electrons. The second kappa shape index (κ2) is 5.87. The van der Waals surface area contributed by atoms with E-state index in [1.165, 1.54) is 19.6 Å². The Kier molecular flexibility index (Phi) is 3.54. The second-order valence-electron chi connectivity index (χ2n) is 5.56. The molecule has 0 bridgehead atoms. The van der Waals surface area contributed by atoms with E-state index in [1.807, 2.05) is 30.3 Å². The van der Waals surface area contributed by atoms with Crippen molar-refractivity contribution in [3.8, 4) is 11.3 Å². The van der Waals surface area contributed by atoms with Crippen molar-refractivity contribution < 1.29 is 13.9 Å². The number of fused-ring (bicyclic) bond motifs is 3. The summed E-state index contributed by atoms with van der Waals surface area (Å²) in [5.41, 5.74) is 1.48. The molecule has 4 aromatic rings. The van der Waals surface area contributed by atoms with E-state index in [-0.39, 0.29) is 5.43 Å². The van der Waals surface area contributed by atoms with Crippen molar-refractivity contribution in [2.45, 2.75) is 0 Å². The van der Waals surface area contributed by atoms with Crippen LogP contribution < -0.4 is 5.43 Å². The number of pyridine rings is 1. The van der Waals surface area contributed by atoms with Crippen molar-refractivity contribution in [2.24, 2.45) is 0 Å². The fourth-order valence-electron chi connectivity index (χ4n) is 2.86. The summed E-state index contributed by atoms with van der Waals surface area (Å²) in [5.74, 6) is -0.476. The Morgan fingerprint density at radius 3 is 2.68 bits per heavy atom. The van der Waals surface area contributed by atoms with Crippen LogP contribution in [-0.4, -0.2) is 18.1 Å². The number of methoxy groups -OCH3 is 1. The second-order valence-corrected chi connectivity index (χ2v) is 5.56. The zero-order chi connectivity index (χ0) is 17.4. The molecule has 4 rings (SSSR count). The van der Waals surface area contributed by atoms with Gasteiger partial charge in [-0.05, 0) is 29.0 Å². The minimum Gasteiger partial charge on any atom is -0.465 e. The number of carbonyl (C=O) groups is 1. The highest BCUT2D eigenvalue weighted by atomic mass is 16.5. The van der Waals surface area contributed by atoms with E-state index < -0.39 is 5.97 Å². The fraction of sp³-hybridized carbons (Fsp3) is 0.0500. The molecule has 122 valence electrons. The Balaban J connectivity index is 1.94. The van der Waals surface area contributed by atoms with Crippen LogP contribution >= 0.6 is 0 Å². The van der Waals surface area contributed by atoms with Crippen molar-refractivity contribution in [2.75, 3.05) is 7.11 Å². The van der Waals surface area contributed by atoms with E-state index in [0.29, 0.717) is 27.8 Å². The first kappa shape index (κ1) is 15.1. The van der Waals surface area contributed by atoms with E-state index in [0.717, 1.165) is 10.8 Å². The maximum Gasteiger partial charge on any atom is 0.339 e. The molecule has 0 fully saturated rings. The molecule has 5 nitrogen and oxygen atoms in total. The van der Waals surface area contributed by atoms with Crippen molar-refractivity contribution in [3.63, 3.8) is 0 Å². The third kappa shape index (κ3) is 2.46. The molecule has 2 aromatic carbocycles. The number of ether oxygens (including phenoxy) is 1. The first-order valence-corrected chi connectivity index (χ1v) is 7.67. The van der Waals surface area contributed by atoms with Gasteiger partial charge in [-0.2, -0.15) is 0 Å². The van der Waals surface area contributed by atoms with Crippen LogP contribution in [0.2, 0.25) is 0 Å². The zero-order valence-corrected chi connectivity index (χ0v) is 13.4. The molecule has 2 aromatic heterocycles. The van der Waals surface area contributed by atoms with Crippen LogP contribution in [0.5, 0.6) is 0 Å². The molecule has 0 N–H and O–H groups in total. The van der Waals surface area contributed by atoms with Gasteiger partial charge in [-0.25, -0.2) is 4.79 Å². The summed E-state index contributed by atoms with van der Waals surface area (Å²) in [6.07, 6.45) is 2.79. The summed E-state index contributed by atoms with van der Waals surface area (Å²) < 4.78 is 10.3. The number of rotatable bonds is 2. The summed E-state index contributed by atoms with van der Waals surface area (Å²) in [5, 5.41) is 2.32. The highest BCUT2D eigenvalue weighted by molar-refractivity contribution is 6.06. The molecule has 0 saturated heterocycles. The quantitative estimate of drug-likeness (QED) is 0.413. The standard InChI is InChI=1S/C20H13NO4/c1-24-20(23)13-6-8-16(21-10-13)15-11-25-17-9-7-12-4-2-3-5-14(12)18(17)19(15)22/h2-11H,1H3. The zero-order valence-electron chi connectivity index (χ0n) is 13.4. The van der Waals surface area contributed by atoms with E-state index in [4.69, 9.17) is 4.42 Å². The maximum atomic E-state index is 13.0. The van der Waals surface area contributed by atoms with Gasteiger partial charge in [0, 0.05) is 6.20 Å². The van der Waals surface area contributed by atoms with E-state index >= 15 is 0 Å². The van der Waals surface area contributed by atoms with Gasteiger partial charge >= 0.3 is 5.97 Å². The molecule has 0 unspecified atom stereocenters. The van der Waals surface area contributed by atoms with Gasteiger partial charge in [0.2, 0.25) is 5.43 Å². The maximum absolute atomic E-state index is 13.0. The summed E-state index contributed by atoms with van der Waals surface area (Å²) in [6, 6.07) is 14.5. The van der Waals surface area contributed by atoms with Gasteiger partial charge in [-0.3, -0.25) is 9.78 Å². The van der Waals surface area contributed by atoms with Crippen molar-refractivity contribution in [3.05, 3.63) is 76.8 Å². The molecule has 0 saturated carbocycles. The van der Waals surface area contributed by atoms with Crippen LogP contribution in [0, 0.1) is 0 Å². The molecule has 2 heterocycles. The van der Waals surface area contributed by atoms with E-state index in [2.05, 4.69) is 9.72 Å². The molecule has 5 heteroatoms. The van der Waals surface area contributed by atoms with E-state index in [1.54, 1.807) is 18.2 Å². The first-order valence-electron chi connectivity index (χ1n) is 7.67. The Morgan fingerprint density at radius 2 is 1.92 bits per heavy atom. The summed E-state index contributed by atoms with van der Waals surface area (Å²) >= 11 is 0. The third-order valence-corrected chi connectivity index (χ3v) is 4.13. The lowest BCUT2D eigenvalue weighted by atomic mass is 10.0. The largest absolute Gasteiger partial charge is 0.465 e.